The SMILES string of the molecule is Cc1ccc(S(=O)(=O)n2ccc3c(C(F)C(F)F)c(Oc4ccc(F)c(C#N)c4)c(F)cc32)cc1. The Kier molecular flexibility index (Phi) is 6.25. The van der Waals surface area contributed by atoms with Gasteiger partial charge < -0.3 is 4.74 Å². The van der Waals surface area contributed by atoms with Crippen molar-refractivity contribution in [2.75, 3.05) is 0 Å². The van der Waals surface area contributed by atoms with Gasteiger partial charge in [-0.05, 0) is 37.3 Å². The molecule has 1 atom stereocenters. The van der Waals surface area contributed by atoms with E-state index in [2.05, 4.69) is 0 Å². The van der Waals surface area contributed by atoms with Crippen LogP contribution in [0.3, 0.4) is 0 Å². The van der Waals surface area contributed by atoms with E-state index in [4.69, 9.17) is 10.00 Å². The number of aromatic nitrogens is 1. The lowest BCUT2D eigenvalue weighted by Crippen LogP contribution is -2.13. The zero-order valence-corrected chi connectivity index (χ0v) is 18.7. The van der Waals surface area contributed by atoms with Gasteiger partial charge in [0, 0.05) is 29.3 Å². The van der Waals surface area contributed by atoms with Crippen LogP contribution in [0.1, 0.15) is 22.9 Å². The van der Waals surface area contributed by atoms with Gasteiger partial charge in [-0.3, -0.25) is 0 Å². The minimum Gasteiger partial charge on any atom is -0.454 e. The van der Waals surface area contributed by atoms with E-state index in [0.717, 1.165) is 36.0 Å². The number of nitriles is 1. The van der Waals surface area contributed by atoms with Crippen molar-refractivity contribution in [1.29, 1.82) is 5.26 Å². The fraction of sp³-hybridized carbons (Fsp3) is 0.125. The van der Waals surface area contributed by atoms with E-state index in [-0.39, 0.29) is 21.5 Å². The summed E-state index contributed by atoms with van der Waals surface area (Å²) in [4.78, 5) is -0.149. The highest BCUT2D eigenvalue weighted by Crippen LogP contribution is 2.43. The Labute approximate surface area is 196 Å². The highest BCUT2D eigenvalue weighted by Gasteiger charge is 2.32. The van der Waals surface area contributed by atoms with Gasteiger partial charge in [0.2, 0.25) is 0 Å². The van der Waals surface area contributed by atoms with Gasteiger partial charge in [-0.15, -0.1) is 0 Å². The normalized spacial score (nSPS) is 12.6. The van der Waals surface area contributed by atoms with Crippen molar-refractivity contribution in [2.24, 2.45) is 0 Å². The third-order valence-electron chi connectivity index (χ3n) is 5.26. The molecule has 1 heterocycles. The molecule has 0 fully saturated rings. The molecule has 4 rings (SSSR count). The monoisotopic (exact) mass is 506 g/mol. The molecule has 3 aromatic carbocycles. The van der Waals surface area contributed by atoms with Crippen LogP contribution in [-0.4, -0.2) is 18.8 Å². The first-order chi connectivity index (χ1) is 16.5. The molecule has 0 saturated carbocycles. The number of hydrogen-bond donors (Lipinski definition) is 0. The molecule has 35 heavy (non-hydrogen) atoms. The Balaban J connectivity index is 1.93. The molecule has 0 aliphatic rings. The predicted octanol–water partition coefficient (Wildman–Crippen LogP) is 6.40. The van der Waals surface area contributed by atoms with Crippen LogP contribution in [0.2, 0.25) is 0 Å². The van der Waals surface area contributed by atoms with E-state index in [1.807, 2.05) is 0 Å². The van der Waals surface area contributed by atoms with Gasteiger partial charge in [0.15, 0.2) is 17.7 Å². The van der Waals surface area contributed by atoms with Gasteiger partial charge in [0.1, 0.15) is 17.6 Å². The fourth-order valence-electron chi connectivity index (χ4n) is 3.54. The zero-order chi connectivity index (χ0) is 25.5. The number of ether oxygens (including phenoxy) is 1. The summed E-state index contributed by atoms with van der Waals surface area (Å²) in [6.45, 7) is 1.75. The van der Waals surface area contributed by atoms with Gasteiger partial charge in [-0.25, -0.2) is 34.3 Å². The molecule has 0 saturated heterocycles. The van der Waals surface area contributed by atoms with Gasteiger partial charge in [-0.2, -0.15) is 5.26 Å². The molecule has 11 heteroatoms. The van der Waals surface area contributed by atoms with Crippen LogP contribution < -0.4 is 4.74 Å². The van der Waals surface area contributed by atoms with Crippen LogP contribution in [0.5, 0.6) is 11.5 Å². The Morgan fingerprint density at radius 1 is 0.971 bits per heavy atom. The van der Waals surface area contributed by atoms with Crippen LogP contribution in [0.15, 0.2) is 65.7 Å². The molecular weight excluding hydrogens is 491 g/mol. The fourth-order valence-corrected chi connectivity index (χ4v) is 4.88. The molecule has 0 aliphatic heterocycles. The van der Waals surface area contributed by atoms with Crippen LogP contribution in [0.4, 0.5) is 22.0 Å². The third kappa shape index (κ3) is 4.33. The molecule has 0 spiro atoms. The van der Waals surface area contributed by atoms with Crippen LogP contribution >= 0.6 is 0 Å². The summed E-state index contributed by atoms with van der Waals surface area (Å²) in [6, 6.07) is 11.8. The van der Waals surface area contributed by atoms with Crippen molar-refractivity contribution in [1.82, 2.24) is 3.97 Å². The lowest BCUT2D eigenvalue weighted by atomic mass is 10.0. The number of aryl methyl sites for hydroxylation is 1. The van der Waals surface area contributed by atoms with Gasteiger partial charge in [0.05, 0.1) is 16.0 Å². The molecular formula is C24H15F5N2O3S. The van der Waals surface area contributed by atoms with Crippen LogP contribution in [-0.2, 0) is 10.0 Å². The quantitative estimate of drug-likeness (QED) is 0.284. The first kappa shape index (κ1) is 24.2. The Morgan fingerprint density at radius 3 is 2.29 bits per heavy atom. The van der Waals surface area contributed by atoms with Gasteiger partial charge in [0.25, 0.3) is 16.4 Å². The minimum atomic E-state index is -4.28. The van der Waals surface area contributed by atoms with Crippen molar-refractivity contribution in [3.05, 3.63) is 89.1 Å². The summed E-state index contributed by atoms with van der Waals surface area (Å²) in [7, 11) is -4.28. The van der Waals surface area contributed by atoms with E-state index < -0.39 is 51.1 Å². The van der Waals surface area contributed by atoms with Crippen molar-refractivity contribution in [2.45, 2.75) is 24.4 Å². The molecule has 0 bridgehead atoms. The maximum atomic E-state index is 15.2. The second kappa shape index (κ2) is 9.03. The van der Waals surface area contributed by atoms with E-state index in [0.29, 0.717) is 10.0 Å². The highest BCUT2D eigenvalue weighted by molar-refractivity contribution is 7.90. The zero-order valence-electron chi connectivity index (χ0n) is 17.8. The summed E-state index contributed by atoms with van der Waals surface area (Å²) in [5.41, 5.74) is -0.984. The number of rotatable bonds is 6. The molecule has 1 aromatic heterocycles. The van der Waals surface area contributed by atoms with E-state index in [1.54, 1.807) is 25.1 Å². The summed E-state index contributed by atoms with van der Waals surface area (Å²) >= 11 is 0. The largest absolute Gasteiger partial charge is 0.454 e. The smallest absolute Gasteiger partial charge is 0.273 e. The summed E-state index contributed by atoms with van der Waals surface area (Å²) in [5.74, 6) is -3.48. The lowest BCUT2D eigenvalue weighted by Gasteiger charge is -2.17. The average molecular weight is 506 g/mol. The molecule has 0 radical (unpaired) electrons. The maximum absolute atomic E-state index is 15.2. The van der Waals surface area contributed by atoms with E-state index in [9.17, 15) is 26.0 Å². The van der Waals surface area contributed by atoms with E-state index >= 15 is 4.39 Å². The molecule has 0 amide bonds. The average Bonchev–Trinajstić information content (AvgIpc) is 3.24. The predicted molar refractivity (Wildman–Crippen MR) is 117 cm³/mol. The standard InChI is InChI=1S/C24H15F5N2O3S/c1-13-2-5-16(6-3-13)35(32,33)31-9-8-17-20(31)11-19(26)23(21(17)22(27)24(28)29)34-15-4-7-18(25)14(10-15)12-30/h2-11,22,24H,1H3. The molecule has 180 valence electrons. The molecule has 4 aromatic rings. The van der Waals surface area contributed by atoms with Crippen LogP contribution in [0, 0.1) is 29.9 Å². The number of halogens is 5. The van der Waals surface area contributed by atoms with Crippen molar-refractivity contribution in [3.63, 3.8) is 0 Å². The molecule has 5 nitrogen and oxygen atoms in total. The molecule has 0 aliphatic carbocycles. The van der Waals surface area contributed by atoms with Crippen molar-refractivity contribution >= 4 is 20.9 Å². The van der Waals surface area contributed by atoms with Crippen molar-refractivity contribution < 1.29 is 35.1 Å². The Morgan fingerprint density at radius 2 is 1.66 bits per heavy atom. The highest BCUT2D eigenvalue weighted by atomic mass is 32.2. The summed E-state index contributed by atoms with van der Waals surface area (Å²) in [5, 5.41) is 8.64. The Hall–Kier alpha value is -3.91. The minimum absolute atomic E-state index is 0.149. The third-order valence-corrected chi connectivity index (χ3v) is 6.96. The Bertz CT molecular complexity index is 1580. The summed E-state index contributed by atoms with van der Waals surface area (Å²) < 4.78 is 103. The first-order valence-corrected chi connectivity index (χ1v) is 11.4. The topological polar surface area (TPSA) is 72.1 Å². The van der Waals surface area contributed by atoms with Crippen LogP contribution in [0.25, 0.3) is 10.9 Å². The number of nitrogens with zero attached hydrogens (tertiary/aromatic N) is 2. The molecule has 0 N–H and O–H groups in total. The van der Waals surface area contributed by atoms with Crippen molar-refractivity contribution in [3.8, 4) is 17.6 Å². The lowest BCUT2D eigenvalue weighted by molar-refractivity contribution is 0.0490. The first-order valence-electron chi connectivity index (χ1n) is 10.00. The van der Waals surface area contributed by atoms with E-state index in [1.165, 1.54) is 12.1 Å². The number of benzene rings is 3. The summed E-state index contributed by atoms with van der Waals surface area (Å²) in [6.07, 6.45) is -5.64. The number of hydrogen-bond acceptors (Lipinski definition) is 4. The second-order valence-corrected chi connectivity index (χ2v) is 9.37. The molecule has 1 unspecified atom stereocenters. The van der Waals surface area contributed by atoms with Gasteiger partial charge in [-0.1, -0.05) is 17.7 Å². The maximum Gasteiger partial charge on any atom is 0.273 e. The van der Waals surface area contributed by atoms with Gasteiger partial charge >= 0.3 is 0 Å². The number of fused-ring (bicyclic) bond motifs is 1. The second-order valence-electron chi connectivity index (χ2n) is 7.56. The number of alkyl halides is 3.